The fourth-order valence-corrected chi connectivity index (χ4v) is 2.72. The number of hydrogen-bond acceptors (Lipinski definition) is 5. The van der Waals surface area contributed by atoms with Crippen molar-refractivity contribution in [1.82, 2.24) is 9.78 Å². The summed E-state index contributed by atoms with van der Waals surface area (Å²) < 4.78 is 13.6. The van der Waals surface area contributed by atoms with Gasteiger partial charge in [0.15, 0.2) is 0 Å². The molecule has 116 valence electrons. The molecule has 3 rings (SSSR count). The van der Waals surface area contributed by atoms with E-state index in [-0.39, 0.29) is 0 Å². The summed E-state index contributed by atoms with van der Waals surface area (Å²) in [7, 11) is 1.04. The SMILES string of the molecule is Cn1nc2ccc(B3OC(C)(C)C(C)(C)O3)c(C#N)c2c1C#N. The number of fused-ring (bicyclic) bond motifs is 1. The maximum Gasteiger partial charge on any atom is 0.496 e. The summed E-state index contributed by atoms with van der Waals surface area (Å²) in [6.45, 7) is 7.84. The molecule has 1 aliphatic rings. The lowest BCUT2D eigenvalue weighted by Gasteiger charge is -2.32. The van der Waals surface area contributed by atoms with Crippen LogP contribution in [0.25, 0.3) is 10.9 Å². The van der Waals surface area contributed by atoms with Crippen molar-refractivity contribution in [2.24, 2.45) is 7.05 Å². The van der Waals surface area contributed by atoms with E-state index in [4.69, 9.17) is 9.31 Å². The summed E-state index contributed by atoms with van der Waals surface area (Å²) in [6.07, 6.45) is 0. The van der Waals surface area contributed by atoms with Crippen molar-refractivity contribution in [2.75, 3.05) is 0 Å². The number of aryl methyl sites for hydroxylation is 1. The fraction of sp³-hybridized carbons (Fsp3) is 0.438. The molecule has 0 bridgehead atoms. The van der Waals surface area contributed by atoms with Gasteiger partial charge in [-0.05, 0) is 33.8 Å². The minimum absolute atomic E-state index is 0.356. The second-order valence-corrected chi connectivity index (χ2v) is 6.71. The maximum atomic E-state index is 9.66. The van der Waals surface area contributed by atoms with E-state index in [1.54, 1.807) is 19.2 Å². The van der Waals surface area contributed by atoms with Crippen LogP contribution in [0.1, 0.15) is 39.0 Å². The van der Waals surface area contributed by atoms with Crippen molar-refractivity contribution in [3.05, 3.63) is 23.4 Å². The van der Waals surface area contributed by atoms with Gasteiger partial charge in [-0.15, -0.1) is 0 Å². The summed E-state index contributed by atoms with van der Waals surface area (Å²) in [4.78, 5) is 0. The molecule has 0 amide bonds. The Morgan fingerprint density at radius 3 is 2.22 bits per heavy atom. The van der Waals surface area contributed by atoms with Gasteiger partial charge in [0.25, 0.3) is 0 Å². The normalized spacial score (nSPS) is 18.8. The Morgan fingerprint density at radius 2 is 1.70 bits per heavy atom. The molecule has 1 aliphatic heterocycles. The van der Waals surface area contributed by atoms with E-state index in [1.807, 2.05) is 27.7 Å². The van der Waals surface area contributed by atoms with Crippen molar-refractivity contribution in [2.45, 2.75) is 38.9 Å². The van der Waals surface area contributed by atoms with Crippen molar-refractivity contribution in [3.8, 4) is 12.1 Å². The Hall–Kier alpha value is -2.35. The van der Waals surface area contributed by atoms with E-state index in [0.29, 0.717) is 27.6 Å². The predicted octanol–water partition coefficient (Wildman–Crippen LogP) is 1.62. The Morgan fingerprint density at radius 1 is 1.09 bits per heavy atom. The average molecular weight is 308 g/mol. The van der Waals surface area contributed by atoms with Crippen LogP contribution in [-0.4, -0.2) is 28.1 Å². The fourth-order valence-electron chi connectivity index (χ4n) is 2.72. The summed E-state index contributed by atoms with van der Waals surface area (Å²) in [5.41, 5.74) is 0.989. The third-order valence-corrected chi connectivity index (χ3v) is 4.76. The molecule has 0 spiro atoms. The van der Waals surface area contributed by atoms with Crippen LogP contribution in [0.3, 0.4) is 0 Å². The second-order valence-electron chi connectivity index (χ2n) is 6.71. The molecular formula is C16H17BN4O2. The number of benzene rings is 1. The van der Waals surface area contributed by atoms with Crippen LogP contribution in [0.4, 0.5) is 0 Å². The minimum Gasteiger partial charge on any atom is -0.399 e. The van der Waals surface area contributed by atoms with Gasteiger partial charge in [-0.2, -0.15) is 15.6 Å². The van der Waals surface area contributed by atoms with E-state index in [1.165, 1.54) is 4.68 Å². The molecular weight excluding hydrogens is 291 g/mol. The van der Waals surface area contributed by atoms with Gasteiger partial charge in [0, 0.05) is 12.5 Å². The van der Waals surface area contributed by atoms with Gasteiger partial charge >= 0.3 is 7.12 Å². The maximum absolute atomic E-state index is 9.66. The van der Waals surface area contributed by atoms with Crippen molar-refractivity contribution in [1.29, 1.82) is 10.5 Å². The smallest absolute Gasteiger partial charge is 0.399 e. The summed E-state index contributed by atoms with van der Waals surface area (Å²) in [6, 6.07) is 7.88. The number of aromatic nitrogens is 2. The number of nitriles is 2. The number of hydrogen-bond donors (Lipinski definition) is 0. The number of nitrogens with zero attached hydrogens (tertiary/aromatic N) is 4. The molecule has 2 aromatic rings. The first-order valence-electron chi connectivity index (χ1n) is 7.37. The van der Waals surface area contributed by atoms with Gasteiger partial charge in [0.05, 0.1) is 33.7 Å². The van der Waals surface area contributed by atoms with Crippen LogP contribution in [0, 0.1) is 22.7 Å². The highest BCUT2D eigenvalue weighted by Gasteiger charge is 2.52. The lowest BCUT2D eigenvalue weighted by molar-refractivity contribution is 0.00578. The zero-order chi connectivity index (χ0) is 17.0. The molecule has 1 fully saturated rings. The Bertz CT molecular complexity index is 870. The van der Waals surface area contributed by atoms with Crippen LogP contribution in [0.5, 0.6) is 0 Å². The molecule has 1 aromatic heterocycles. The third kappa shape index (κ3) is 2.13. The molecule has 0 aliphatic carbocycles. The van der Waals surface area contributed by atoms with Crippen LogP contribution >= 0.6 is 0 Å². The van der Waals surface area contributed by atoms with Crippen LogP contribution in [0.15, 0.2) is 12.1 Å². The first-order valence-corrected chi connectivity index (χ1v) is 7.37. The topological polar surface area (TPSA) is 83.9 Å². The van der Waals surface area contributed by atoms with Crippen molar-refractivity contribution in [3.63, 3.8) is 0 Å². The highest BCUT2D eigenvalue weighted by molar-refractivity contribution is 6.63. The van der Waals surface area contributed by atoms with Crippen LogP contribution in [0.2, 0.25) is 0 Å². The Kier molecular flexibility index (Phi) is 3.26. The van der Waals surface area contributed by atoms with E-state index in [0.717, 1.165) is 0 Å². The summed E-state index contributed by atoms with van der Waals surface area (Å²) >= 11 is 0. The van der Waals surface area contributed by atoms with Gasteiger partial charge < -0.3 is 9.31 Å². The molecule has 1 saturated heterocycles. The highest BCUT2D eigenvalue weighted by Crippen LogP contribution is 2.37. The quantitative estimate of drug-likeness (QED) is 0.747. The average Bonchev–Trinajstić information content (AvgIpc) is 2.90. The van der Waals surface area contributed by atoms with Gasteiger partial charge in [-0.25, -0.2) is 0 Å². The first-order chi connectivity index (χ1) is 10.7. The van der Waals surface area contributed by atoms with Gasteiger partial charge in [-0.3, -0.25) is 4.68 Å². The largest absolute Gasteiger partial charge is 0.496 e. The minimum atomic E-state index is -0.647. The molecule has 0 radical (unpaired) electrons. The zero-order valence-corrected chi connectivity index (χ0v) is 13.8. The van der Waals surface area contributed by atoms with Gasteiger partial charge in [0.2, 0.25) is 0 Å². The van der Waals surface area contributed by atoms with Crippen LogP contribution < -0.4 is 5.46 Å². The van der Waals surface area contributed by atoms with Gasteiger partial charge in [-0.1, -0.05) is 6.07 Å². The molecule has 0 saturated carbocycles. The molecule has 7 heteroatoms. The van der Waals surface area contributed by atoms with E-state index in [2.05, 4.69) is 17.2 Å². The number of rotatable bonds is 1. The monoisotopic (exact) mass is 308 g/mol. The Balaban J connectivity index is 2.21. The third-order valence-electron chi connectivity index (χ3n) is 4.76. The molecule has 0 unspecified atom stereocenters. The molecule has 6 nitrogen and oxygen atoms in total. The summed E-state index contributed by atoms with van der Waals surface area (Å²) in [5.74, 6) is 0. The zero-order valence-electron chi connectivity index (χ0n) is 13.8. The van der Waals surface area contributed by atoms with Crippen molar-refractivity contribution < 1.29 is 9.31 Å². The lowest BCUT2D eigenvalue weighted by atomic mass is 9.75. The second kappa shape index (κ2) is 4.82. The molecule has 0 N–H and O–H groups in total. The predicted molar refractivity (Wildman–Crippen MR) is 85.9 cm³/mol. The first kappa shape index (κ1) is 15.5. The molecule has 1 aromatic carbocycles. The standard InChI is InChI=1S/C16H17BN4O2/c1-15(2)16(3,4)23-17(22-15)11-6-7-12-14(10(11)8-18)13(9-19)21(5)20-12/h6-7H,1-5H3. The van der Waals surface area contributed by atoms with E-state index < -0.39 is 18.3 Å². The van der Waals surface area contributed by atoms with E-state index in [9.17, 15) is 10.5 Å². The van der Waals surface area contributed by atoms with E-state index >= 15 is 0 Å². The Labute approximate surface area is 135 Å². The summed E-state index contributed by atoms with van der Waals surface area (Å²) in [5, 5.41) is 23.8. The lowest BCUT2D eigenvalue weighted by Crippen LogP contribution is -2.41. The molecule has 2 heterocycles. The van der Waals surface area contributed by atoms with Gasteiger partial charge in [0.1, 0.15) is 11.8 Å². The van der Waals surface area contributed by atoms with Crippen LogP contribution in [-0.2, 0) is 16.4 Å². The molecule has 0 atom stereocenters. The van der Waals surface area contributed by atoms with Crippen molar-refractivity contribution >= 4 is 23.5 Å². The molecule has 23 heavy (non-hydrogen) atoms. The highest BCUT2D eigenvalue weighted by atomic mass is 16.7.